The van der Waals surface area contributed by atoms with E-state index in [1.807, 2.05) is 17.0 Å². The molecule has 4 nitrogen and oxygen atoms in total. The number of amides is 1. The Morgan fingerprint density at radius 1 is 1.27 bits per heavy atom. The van der Waals surface area contributed by atoms with Crippen LogP contribution in [-0.2, 0) is 17.6 Å². The van der Waals surface area contributed by atoms with Crippen molar-refractivity contribution < 1.29 is 9.53 Å². The average Bonchev–Trinajstić information content (AvgIpc) is 2.63. The van der Waals surface area contributed by atoms with Gasteiger partial charge in [-0.15, -0.1) is 0 Å². The molecule has 0 aliphatic rings. The lowest BCUT2D eigenvalue weighted by molar-refractivity contribution is -0.132. The van der Waals surface area contributed by atoms with E-state index in [9.17, 15) is 4.79 Å². The highest BCUT2D eigenvalue weighted by Gasteiger charge is 2.21. The van der Waals surface area contributed by atoms with Crippen LogP contribution in [0.3, 0.4) is 0 Å². The number of ether oxygens (including phenoxy) is 1. The predicted molar refractivity (Wildman–Crippen MR) is 106 cm³/mol. The summed E-state index contributed by atoms with van der Waals surface area (Å²) >= 11 is 12.0. The summed E-state index contributed by atoms with van der Waals surface area (Å²) in [6.45, 7) is 4.82. The Labute approximate surface area is 165 Å². The molecule has 2 aromatic rings. The van der Waals surface area contributed by atoms with Crippen LogP contribution in [0.5, 0.6) is 5.75 Å². The molecule has 1 amide bonds. The van der Waals surface area contributed by atoms with Crippen molar-refractivity contribution in [3.8, 4) is 5.75 Å². The van der Waals surface area contributed by atoms with Crippen LogP contribution in [0.1, 0.15) is 31.4 Å². The standard InChI is InChI=1S/C20H24Cl2N2O2/c1-4-9-24(14(2)10-16-13-23-8-7-19(16)26-3)20(25)12-15-5-6-17(21)18(22)11-15/h5-8,11,13-14H,4,9-10,12H2,1-3H3/t14-/m1/s1. The third-order valence-electron chi connectivity index (χ3n) is 4.25. The average molecular weight is 395 g/mol. The first-order chi connectivity index (χ1) is 12.5. The van der Waals surface area contributed by atoms with E-state index >= 15 is 0 Å². The van der Waals surface area contributed by atoms with E-state index in [1.54, 1.807) is 31.6 Å². The molecular weight excluding hydrogens is 371 g/mol. The monoisotopic (exact) mass is 394 g/mol. The number of aromatic nitrogens is 1. The second-order valence-electron chi connectivity index (χ2n) is 6.25. The second kappa shape index (κ2) is 9.79. The molecule has 0 unspecified atom stereocenters. The van der Waals surface area contributed by atoms with E-state index < -0.39 is 0 Å². The summed E-state index contributed by atoms with van der Waals surface area (Å²) in [5, 5.41) is 0.956. The Balaban J connectivity index is 2.12. The molecule has 0 N–H and O–H groups in total. The summed E-state index contributed by atoms with van der Waals surface area (Å²) < 4.78 is 5.40. The first-order valence-corrected chi connectivity index (χ1v) is 9.42. The summed E-state index contributed by atoms with van der Waals surface area (Å²) in [6.07, 6.45) is 5.37. The molecule has 2 rings (SSSR count). The van der Waals surface area contributed by atoms with Crippen molar-refractivity contribution in [3.05, 3.63) is 57.8 Å². The summed E-state index contributed by atoms with van der Waals surface area (Å²) in [6, 6.07) is 7.18. The lowest BCUT2D eigenvalue weighted by Gasteiger charge is -2.29. The molecule has 140 valence electrons. The molecule has 0 aliphatic heterocycles. The molecule has 0 bridgehead atoms. The number of rotatable bonds is 8. The first kappa shape index (κ1) is 20.5. The van der Waals surface area contributed by atoms with E-state index in [1.165, 1.54) is 0 Å². The fraction of sp³-hybridized carbons (Fsp3) is 0.400. The van der Waals surface area contributed by atoms with Gasteiger partial charge in [0.15, 0.2) is 0 Å². The number of methoxy groups -OCH3 is 1. The molecule has 0 saturated carbocycles. The van der Waals surface area contributed by atoms with Gasteiger partial charge in [0.05, 0.1) is 23.6 Å². The van der Waals surface area contributed by atoms with Crippen molar-refractivity contribution in [2.24, 2.45) is 0 Å². The maximum atomic E-state index is 12.9. The van der Waals surface area contributed by atoms with Crippen LogP contribution in [0.15, 0.2) is 36.7 Å². The van der Waals surface area contributed by atoms with Crippen molar-refractivity contribution in [2.45, 2.75) is 39.2 Å². The van der Waals surface area contributed by atoms with Gasteiger partial charge in [-0.05, 0) is 43.5 Å². The highest BCUT2D eigenvalue weighted by molar-refractivity contribution is 6.42. The lowest BCUT2D eigenvalue weighted by Crippen LogP contribution is -2.41. The van der Waals surface area contributed by atoms with Gasteiger partial charge in [-0.1, -0.05) is 36.2 Å². The Kier molecular flexibility index (Phi) is 7.73. The number of carbonyl (C=O) groups excluding carboxylic acids is 1. The number of nitrogens with zero attached hydrogens (tertiary/aromatic N) is 2. The lowest BCUT2D eigenvalue weighted by atomic mass is 10.0. The number of hydrogen-bond donors (Lipinski definition) is 0. The van der Waals surface area contributed by atoms with E-state index in [0.717, 1.165) is 23.3 Å². The van der Waals surface area contributed by atoms with Crippen LogP contribution in [-0.4, -0.2) is 35.5 Å². The molecule has 0 saturated heterocycles. The topological polar surface area (TPSA) is 42.4 Å². The third kappa shape index (κ3) is 5.36. The van der Waals surface area contributed by atoms with Crippen LogP contribution in [0.2, 0.25) is 10.0 Å². The normalized spacial score (nSPS) is 11.9. The molecule has 1 atom stereocenters. The van der Waals surface area contributed by atoms with Crippen molar-refractivity contribution >= 4 is 29.1 Å². The Morgan fingerprint density at radius 3 is 2.69 bits per heavy atom. The Morgan fingerprint density at radius 2 is 2.04 bits per heavy atom. The minimum atomic E-state index is 0.0309. The smallest absolute Gasteiger partial charge is 0.227 e. The summed E-state index contributed by atoms with van der Waals surface area (Å²) in [4.78, 5) is 19.0. The molecule has 1 aromatic carbocycles. The zero-order valence-corrected chi connectivity index (χ0v) is 16.8. The largest absolute Gasteiger partial charge is 0.496 e. The highest BCUT2D eigenvalue weighted by Crippen LogP contribution is 2.24. The Hall–Kier alpha value is -1.78. The van der Waals surface area contributed by atoms with Gasteiger partial charge in [-0.2, -0.15) is 0 Å². The summed E-state index contributed by atoms with van der Waals surface area (Å²) in [5.74, 6) is 0.862. The van der Waals surface area contributed by atoms with Crippen molar-refractivity contribution in [1.29, 1.82) is 0 Å². The molecule has 1 aromatic heterocycles. The minimum Gasteiger partial charge on any atom is -0.496 e. The van der Waals surface area contributed by atoms with Crippen molar-refractivity contribution in [2.75, 3.05) is 13.7 Å². The van der Waals surface area contributed by atoms with E-state index in [4.69, 9.17) is 27.9 Å². The fourth-order valence-corrected chi connectivity index (χ4v) is 3.27. The van der Waals surface area contributed by atoms with Crippen LogP contribution in [0.25, 0.3) is 0 Å². The number of halogens is 2. The Bertz CT molecular complexity index is 752. The second-order valence-corrected chi connectivity index (χ2v) is 7.07. The quantitative estimate of drug-likeness (QED) is 0.644. The predicted octanol–water partition coefficient (Wildman–Crippen LogP) is 4.81. The maximum absolute atomic E-state index is 12.9. The first-order valence-electron chi connectivity index (χ1n) is 8.66. The van der Waals surface area contributed by atoms with Crippen molar-refractivity contribution in [1.82, 2.24) is 9.88 Å². The molecule has 6 heteroatoms. The highest BCUT2D eigenvalue weighted by atomic mass is 35.5. The van der Waals surface area contributed by atoms with E-state index in [2.05, 4.69) is 18.8 Å². The van der Waals surface area contributed by atoms with Crippen LogP contribution in [0, 0.1) is 0 Å². The summed E-state index contributed by atoms with van der Waals surface area (Å²) in [7, 11) is 1.64. The van der Waals surface area contributed by atoms with Crippen molar-refractivity contribution in [3.63, 3.8) is 0 Å². The van der Waals surface area contributed by atoms with Gasteiger partial charge in [0, 0.05) is 30.5 Å². The van der Waals surface area contributed by atoms with Gasteiger partial charge in [0.2, 0.25) is 5.91 Å². The van der Waals surface area contributed by atoms with Gasteiger partial charge in [0.25, 0.3) is 0 Å². The molecule has 0 radical (unpaired) electrons. The third-order valence-corrected chi connectivity index (χ3v) is 4.99. The molecule has 0 fully saturated rings. The van der Waals surface area contributed by atoms with Gasteiger partial charge in [-0.25, -0.2) is 0 Å². The van der Waals surface area contributed by atoms with E-state index in [0.29, 0.717) is 29.4 Å². The fourth-order valence-electron chi connectivity index (χ4n) is 2.95. The summed E-state index contributed by atoms with van der Waals surface area (Å²) in [5.41, 5.74) is 1.85. The zero-order chi connectivity index (χ0) is 19.1. The number of pyridine rings is 1. The van der Waals surface area contributed by atoms with Gasteiger partial charge < -0.3 is 9.64 Å². The van der Waals surface area contributed by atoms with Gasteiger partial charge >= 0.3 is 0 Å². The van der Waals surface area contributed by atoms with Crippen LogP contribution in [0.4, 0.5) is 0 Å². The number of carbonyl (C=O) groups is 1. The minimum absolute atomic E-state index is 0.0309. The molecule has 0 spiro atoms. The number of hydrogen-bond acceptors (Lipinski definition) is 3. The zero-order valence-electron chi connectivity index (χ0n) is 15.3. The molecule has 0 aliphatic carbocycles. The van der Waals surface area contributed by atoms with Crippen LogP contribution >= 0.6 is 23.2 Å². The molecular formula is C20H24Cl2N2O2. The van der Waals surface area contributed by atoms with Gasteiger partial charge in [0.1, 0.15) is 5.75 Å². The SMILES string of the molecule is CCCN(C(=O)Cc1ccc(Cl)c(Cl)c1)[C@H](C)Cc1cnccc1OC. The number of benzene rings is 1. The van der Waals surface area contributed by atoms with Gasteiger partial charge in [-0.3, -0.25) is 9.78 Å². The molecule has 1 heterocycles. The van der Waals surface area contributed by atoms with Crippen LogP contribution < -0.4 is 4.74 Å². The van der Waals surface area contributed by atoms with E-state index in [-0.39, 0.29) is 11.9 Å². The maximum Gasteiger partial charge on any atom is 0.227 e. The molecule has 26 heavy (non-hydrogen) atoms.